The van der Waals surface area contributed by atoms with Gasteiger partial charge in [-0.05, 0) is 92.5 Å². The van der Waals surface area contributed by atoms with Gasteiger partial charge in [0.25, 0.3) is 0 Å². The Hall–Kier alpha value is -7.42. The lowest BCUT2D eigenvalue weighted by atomic mass is 9.67. The van der Waals surface area contributed by atoms with E-state index in [1.165, 1.54) is 50.1 Å². The van der Waals surface area contributed by atoms with Gasteiger partial charge in [0.05, 0.1) is 11.1 Å². The Morgan fingerprint density at radius 1 is 0.333 bits per heavy atom. The molecule has 1 aliphatic carbocycles. The van der Waals surface area contributed by atoms with Crippen molar-refractivity contribution in [3.63, 3.8) is 0 Å². The monoisotopic (exact) mass is 727 g/mol. The van der Waals surface area contributed by atoms with Crippen LogP contribution in [-0.4, -0.2) is 0 Å². The second-order valence-corrected chi connectivity index (χ2v) is 14.8. The van der Waals surface area contributed by atoms with Crippen LogP contribution in [0, 0.1) is 0 Å². The minimum absolute atomic E-state index is 0.528. The first-order valence-electron chi connectivity index (χ1n) is 19.6. The van der Waals surface area contributed by atoms with Crippen molar-refractivity contribution in [2.24, 2.45) is 0 Å². The molecule has 0 aliphatic heterocycles. The maximum atomic E-state index is 6.36. The molecule has 1 aromatic heterocycles. The number of hydrogen-bond acceptors (Lipinski definition) is 2. The van der Waals surface area contributed by atoms with E-state index in [1.807, 2.05) is 12.1 Å². The molecule has 0 saturated heterocycles. The quantitative estimate of drug-likeness (QED) is 0.163. The van der Waals surface area contributed by atoms with E-state index >= 15 is 0 Å². The molecule has 1 aliphatic rings. The molecule has 10 aromatic rings. The molecule has 0 radical (unpaired) electrons. The van der Waals surface area contributed by atoms with Crippen LogP contribution < -0.4 is 4.90 Å². The van der Waals surface area contributed by atoms with E-state index in [2.05, 4.69) is 217 Å². The zero-order valence-corrected chi connectivity index (χ0v) is 31.2. The molecule has 268 valence electrons. The van der Waals surface area contributed by atoms with Crippen LogP contribution >= 0.6 is 0 Å². The lowest BCUT2D eigenvalue weighted by molar-refractivity contribution is 0.669. The largest absolute Gasteiger partial charge is 0.456 e. The number of hydrogen-bond donors (Lipinski definition) is 0. The van der Waals surface area contributed by atoms with Crippen molar-refractivity contribution in [3.8, 4) is 33.4 Å². The molecule has 57 heavy (non-hydrogen) atoms. The summed E-state index contributed by atoms with van der Waals surface area (Å²) >= 11 is 0. The standard InChI is InChI=1S/C55H37NO/c1-4-18-38(19-5-1)43-24-10-11-25-44(43)47-27-13-16-30-52(47)56(41-33-35-54-49(36-41)48-28-14-17-31-53(48)57-54)42-32-34-46-45-26-12-15-29-50(45)55(51(46)37-42,39-20-6-2-7-21-39)40-22-8-3-9-23-40/h1-37H. The topological polar surface area (TPSA) is 16.4 Å². The summed E-state index contributed by atoms with van der Waals surface area (Å²) in [7, 11) is 0. The van der Waals surface area contributed by atoms with Gasteiger partial charge in [0, 0.05) is 27.7 Å². The van der Waals surface area contributed by atoms with E-state index < -0.39 is 5.41 Å². The van der Waals surface area contributed by atoms with Gasteiger partial charge >= 0.3 is 0 Å². The highest BCUT2D eigenvalue weighted by atomic mass is 16.3. The molecular formula is C55H37NO. The number of anilines is 3. The molecule has 2 heteroatoms. The zero-order chi connectivity index (χ0) is 37.8. The Kier molecular flexibility index (Phi) is 7.75. The highest BCUT2D eigenvalue weighted by Crippen LogP contribution is 2.57. The molecule has 0 amide bonds. The van der Waals surface area contributed by atoms with Gasteiger partial charge in [-0.15, -0.1) is 0 Å². The molecule has 0 N–H and O–H groups in total. The van der Waals surface area contributed by atoms with Gasteiger partial charge in [-0.25, -0.2) is 0 Å². The highest BCUT2D eigenvalue weighted by Gasteiger charge is 2.46. The van der Waals surface area contributed by atoms with Crippen molar-refractivity contribution < 1.29 is 4.42 Å². The smallest absolute Gasteiger partial charge is 0.135 e. The van der Waals surface area contributed by atoms with Crippen molar-refractivity contribution >= 4 is 39.0 Å². The fourth-order valence-electron chi connectivity index (χ4n) is 9.34. The summed E-state index contributed by atoms with van der Waals surface area (Å²) in [5, 5.41) is 2.19. The SMILES string of the molecule is c1ccc(-c2ccccc2-c2ccccc2N(c2ccc3c(c2)C(c2ccccc2)(c2ccccc2)c2ccccc2-3)c2ccc3oc4ccccc4c3c2)cc1. The van der Waals surface area contributed by atoms with Crippen molar-refractivity contribution in [1.29, 1.82) is 0 Å². The number of para-hydroxylation sites is 2. The first-order valence-corrected chi connectivity index (χ1v) is 19.6. The molecular weight excluding hydrogens is 691 g/mol. The van der Waals surface area contributed by atoms with Gasteiger partial charge in [0.15, 0.2) is 0 Å². The number of benzene rings is 9. The molecule has 1 heterocycles. The van der Waals surface area contributed by atoms with E-state index in [0.717, 1.165) is 44.6 Å². The lowest BCUT2D eigenvalue weighted by Gasteiger charge is -2.35. The maximum Gasteiger partial charge on any atom is 0.135 e. The van der Waals surface area contributed by atoms with Gasteiger partial charge in [-0.2, -0.15) is 0 Å². The van der Waals surface area contributed by atoms with E-state index in [0.29, 0.717) is 0 Å². The fraction of sp³-hybridized carbons (Fsp3) is 0.0182. The molecule has 9 aromatic carbocycles. The average Bonchev–Trinajstić information content (AvgIpc) is 3.81. The van der Waals surface area contributed by atoms with Gasteiger partial charge < -0.3 is 9.32 Å². The molecule has 0 saturated carbocycles. The first-order chi connectivity index (χ1) is 28.3. The molecule has 2 nitrogen and oxygen atoms in total. The van der Waals surface area contributed by atoms with Crippen LogP contribution in [0.4, 0.5) is 17.1 Å². The van der Waals surface area contributed by atoms with Crippen LogP contribution in [0.5, 0.6) is 0 Å². The number of nitrogens with zero attached hydrogens (tertiary/aromatic N) is 1. The van der Waals surface area contributed by atoms with Crippen LogP contribution in [-0.2, 0) is 5.41 Å². The van der Waals surface area contributed by atoms with Crippen LogP contribution in [0.3, 0.4) is 0 Å². The summed E-state index contributed by atoms with van der Waals surface area (Å²) in [6, 6.07) is 81.4. The third-order valence-corrected chi connectivity index (χ3v) is 11.8. The van der Waals surface area contributed by atoms with Crippen LogP contribution in [0.15, 0.2) is 229 Å². The van der Waals surface area contributed by atoms with Gasteiger partial charge in [0.2, 0.25) is 0 Å². The van der Waals surface area contributed by atoms with E-state index in [-0.39, 0.29) is 0 Å². The number of fused-ring (bicyclic) bond motifs is 6. The number of furan rings is 1. The van der Waals surface area contributed by atoms with Crippen molar-refractivity contribution in [2.75, 3.05) is 4.90 Å². The minimum atomic E-state index is -0.528. The molecule has 11 rings (SSSR count). The fourth-order valence-corrected chi connectivity index (χ4v) is 9.34. The van der Waals surface area contributed by atoms with Crippen molar-refractivity contribution in [3.05, 3.63) is 247 Å². The van der Waals surface area contributed by atoms with E-state index in [4.69, 9.17) is 4.42 Å². The van der Waals surface area contributed by atoms with Crippen LogP contribution in [0.1, 0.15) is 22.3 Å². The summed E-state index contributed by atoms with van der Waals surface area (Å²) in [6.45, 7) is 0. The number of rotatable bonds is 7. The summed E-state index contributed by atoms with van der Waals surface area (Å²) in [5.41, 5.74) is 16.7. The Morgan fingerprint density at radius 2 is 0.860 bits per heavy atom. The molecule has 0 unspecified atom stereocenters. The lowest BCUT2D eigenvalue weighted by Crippen LogP contribution is -2.28. The predicted octanol–water partition coefficient (Wildman–Crippen LogP) is 14.8. The van der Waals surface area contributed by atoms with Gasteiger partial charge in [-0.3, -0.25) is 0 Å². The Labute approximate surface area is 332 Å². The molecule has 0 bridgehead atoms. The van der Waals surface area contributed by atoms with Gasteiger partial charge in [-0.1, -0.05) is 182 Å². The third kappa shape index (κ3) is 5.18. The highest BCUT2D eigenvalue weighted by molar-refractivity contribution is 6.07. The van der Waals surface area contributed by atoms with Crippen LogP contribution in [0.2, 0.25) is 0 Å². The second-order valence-electron chi connectivity index (χ2n) is 14.8. The van der Waals surface area contributed by atoms with E-state index in [1.54, 1.807) is 0 Å². The normalized spacial score (nSPS) is 12.7. The average molecular weight is 728 g/mol. The zero-order valence-electron chi connectivity index (χ0n) is 31.2. The Bertz CT molecular complexity index is 3030. The first kappa shape index (κ1) is 33.0. The van der Waals surface area contributed by atoms with Crippen molar-refractivity contribution in [2.45, 2.75) is 5.41 Å². The Balaban J connectivity index is 1.21. The molecule has 0 atom stereocenters. The summed E-state index contributed by atoms with van der Waals surface area (Å²) in [6.07, 6.45) is 0. The predicted molar refractivity (Wildman–Crippen MR) is 237 cm³/mol. The molecule has 0 fully saturated rings. The maximum absolute atomic E-state index is 6.36. The van der Waals surface area contributed by atoms with E-state index in [9.17, 15) is 0 Å². The van der Waals surface area contributed by atoms with Crippen LogP contribution in [0.25, 0.3) is 55.3 Å². The van der Waals surface area contributed by atoms with Gasteiger partial charge in [0.1, 0.15) is 11.2 Å². The summed E-state index contributed by atoms with van der Waals surface area (Å²) in [4.78, 5) is 2.45. The van der Waals surface area contributed by atoms with Crippen molar-refractivity contribution in [1.82, 2.24) is 0 Å². The summed E-state index contributed by atoms with van der Waals surface area (Å²) in [5.74, 6) is 0. The third-order valence-electron chi connectivity index (χ3n) is 11.8. The Morgan fingerprint density at radius 3 is 1.61 bits per heavy atom. The minimum Gasteiger partial charge on any atom is -0.456 e. The molecule has 0 spiro atoms. The summed E-state index contributed by atoms with van der Waals surface area (Å²) < 4.78 is 6.36. The second kappa shape index (κ2) is 13.4.